The molecule has 0 radical (unpaired) electrons. The van der Waals surface area contributed by atoms with Gasteiger partial charge in [0.15, 0.2) is 0 Å². The van der Waals surface area contributed by atoms with Crippen molar-refractivity contribution in [1.29, 1.82) is 0 Å². The molecule has 18 heavy (non-hydrogen) atoms. The van der Waals surface area contributed by atoms with Gasteiger partial charge in [-0.25, -0.2) is 4.79 Å². The van der Waals surface area contributed by atoms with Gasteiger partial charge in [0, 0.05) is 11.9 Å². The van der Waals surface area contributed by atoms with Crippen LogP contribution in [0.5, 0.6) is 0 Å². The molecule has 1 heterocycles. The smallest absolute Gasteiger partial charge is 0.337 e. The van der Waals surface area contributed by atoms with E-state index >= 15 is 0 Å². The summed E-state index contributed by atoms with van der Waals surface area (Å²) in [6, 6.07) is 5.12. The first-order valence-electron chi connectivity index (χ1n) is 5.50. The van der Waals surface area contributed by atoms with Crippen molar-refractivity contribution in [2.75, 3.05) is 35.7 Å². The maximum absolute atomic E-state index is 11.8. The molecule has 1 aliphatic heterocycles. The monoisotopic (exact) mass is 312 g/mol. The fourth-order valence-corrected chi connectivity index (χ4v) is 2.24. The molecule has 0 saturated carbocycles. The molecule has 0 unspecified atom stereocenters. The van der Waals surface area contributed by atoms with Crippen LogP contribution in [0.4, 0.5) is 11.4 Å². The van der Waals surface area contributed by atoms with Crippen molar-refractivity contribution in [2.45, 2.75) is 0 Å². The second-order valence-electron chi connectivity index (χ2n) is 3.81. The molecule has 1 amide bonds. The molecule has 1 aromatic carbocycles. The maximum atomic E-state index is 11.8. The largest absolute Gasteiger partial charge is 0.465 e. The van der Waals surface area contributed by atoms with Gasteiger partial charge >= 0.3 is 5.97 Å². The number of hydrogen-bond donors (Lipinski definition) is 1. The van der Waals surface area contributed by atoms with E-state index in [1.807, 2.05) is 0 Å². The zero-order valence-corrected chi connectivity index (χ0v) is 11.5. The van der Waals surface area contributed by atoms with Gasteiger partial charge in [-0.1, -0.05) is 15.9 Å². The summed E-state index contributed by atoms with van der Waals surface area (Å²) in [6.45, 7) is 0.843. The lowest BCUT2D eigenvalue weighted by Gasteiger charge is -2.29. The third-order valence-electron chi connectivity index (χ3n) is 2.75. The van der Waals surface area contributed by atoms with Crippen LogP contribution in [0.3, 0.4) is 0 Å². The fraction of sp³-hybridized carbons (Fsp3) is 0.333. The van der Waals surface area contributed by atoms with Crippen molar-refractivity contribution in [1.82, 2.24) is 0 Å². The van der Waals surface area contributed by atoms with E-state index in [4.69, 9.17) is 0 Å². The Kier molecular flexibility index (Phi) is 3.86. The number of carbonyl (C=O) groups excluding carboxylic acids is 2. The fourth-order valence-electron chi connectivity index (χ4n) is 1.89. The van der Waals surface area contributed by atoms with Crippen molar-refractivity contribution in [3.8, 4) is 0 Å². The minimum Gasteiger partial charge on any atom is -0.465 e. The van der Waals surface area contributed by atoms with Gasteiger partial charge in [0.05, 0.1) is 30.6 Å². The number of rotatable bonds is 3. The average molecular weight is 313 g/mol. The van der Waals surface area contributed by atoms with E-state index in [2.05, 4.69) is 26.0 Å². The van der Waals surface area contributed by atoms with Crippen molar-refractivity contribution in [3.05, 3.63) is 23.8 Å². The Morgan fingerprint density at radius 2 is 2.33 bits per heavy atom. The van der Waals surface area contributed by atoms with Gasteiger partial charge in [0.1, 0.15) is 0 Å². The van der Waals surface area contributed by atoms with E-state index in [-0.39, 0.29) is 18.4 Å². The quantitative estimate of drug-likeness (QED) is 0.681. The van der Waals surface area contributed by atoms with Crippen molar-refractivity contribution < 1.29 is 14.3 Å². The van der Waals surface area contributed by atoms with E-state index in [0.717, 1.165) is 11.4 Å². The summed E-state index contributed by atoms with van der Waals surface area (Å²) in [4.78, 5) is 24.9. The molecule has 96 valence electrons. The highest BCUT2D eigenvalue weighted by molar-refractivity contribution is 9.09. The normalized spacial score (nSPS) is 13.9. The molecule has 0 bridgehead atoms. The predicted molar refractivity (Wildman–Crippen MR) is 72.4 cm³/mol. The zero-order chi connectivity index (χ0) is 13.1. The summed E-state index contributed by atoms with van der Waals surface area (Å²) < 4.78 is 4.67. The summed E-state index contributed by atoms with van der Waals surface area (Å²) in [6.07, 6.45) is 0. The highest BCUT2D eigenvalue weighted by Gasteiger charge is 2.24. The van der Waals surface area contributed by atoms with Gasteiger partial charge in [0.25, 0.3) is 0 Å². The molecule has 0 saturated heterocycles. The van der Waals surface area contributed by atoms with Crippen LogP contribution in [0, 0.1) is 0 Å². The number of esters is 1. The number of nitrogens with one attached hydrogen (secondary N) is 1. The van der Waals surface area contributed by atoms with Crippen molar-refractivity contribution in [2.24, 2.45) is 0 Å². The molecule has 6 heteroatoms. The third kappa shape index (κ3) is 2.33. The molecule has 0 atom stereocenters. The summed E-state index contributed by atoms with van der Waals surface area (Å²) in [5.41, 5.74) is 2.04. The summed E-state index contributed by atoms with van der Waals surface area (Å²) in [7, 11) is 1.34. The van der Waals surface area contributed by atoms with Gasteiger partial charge in [-0.3, -0.25) is 4.79 Å². The number of fused-ring (bicyclic) bond motifs is 1. The zero-order valence-electron chi connectivity index (χ0n) is 9.90. The van der Waals surface area contributed by atoms with Crippen LogP contribution in [0.25, 0.3) is 0 Å². The van der Waals surface area contributed by atoms with Crippen LogP contribution in [0.1, 0.15) is 10.4 Å². The second-order valence-corrected chi connectivity index (χ2v) is 4.60. The highest BCUT2D eigenvalue weighted by Crippen LogP contribution is 2.30. The first-order chi connectivity index (χ1) is 8.67. The first-order valence-corrected chi connectivity index (χ1v) is 6.62. The summed E-state index contributed by atoms with van der Waals surface area (Å²) in [5.74, 6) is -0.365. The van der Waals surface area contributed by atoms with Gasteiger partial charge in [-0.05, 0) is 18.2 Å². The number of amides is 1. The van der Waals surface area contributed by atoms with E-state index in [1.54, 1.807) is 23.1 Å². The van der Waals surface area contributed by atoms with E-state index in [9.17, 15) is 9.59 Å². The molecule has 1 aliphatic rings. The van der Waals surface area contributed by atoms with Crippen LogP contribution < -0.4 is 10.2 Å². The van der Waals surface area contributed by atoms with Crippen molar-refractivity contribution >= 4 is 39.2 Å². The molecule has 1 N–H and O–H groups in total. The lowest BCUT2D eigenvalue weighted by atomic mass is 10.1. The SMILES string of the molecule is COC(=O)c1ccc2c(c1)NCC(=O)N2CCBr. The molecule has 5 nitrogen and oxygen atoms in total. The Hall–Kier alpha value is -1.56. The average Bonchev–Trinajstić information content (AvgIpc) is 2.40. The Morgan fingerprint density at radius 1 is 1.56 bits per heavy atom. The number of nitrogens with zero attached hydrogens (tertiary/aromatic N) is 1. The minimum atomic E-state index is -0.386. The topological polar surface area (TPSA) is 58.6 Å². The number of halogens is 1. The molecule has 0 fully saturated rings. The Bertz CT molecular complexity index is 490. The number of carbonyl (C=O) groups is 2. The van der Waals surface area contributed by atoms with Gasteiger partial charge in [-0.2, -0.15) is 0 Å². The van der Waals surface area contributed by atoms with Crippen LogP contribution in [-0.2, 0) is 9.53 Å². The first kappa shape index (κ1) is 12.9. The molecule has 0 aromatic heterocycles. The van der Waals surface area contributed by atoms with Gasteiger partial charge in [0.2, 0.25) is 5.91 Å². The van der Waals surface area contributed by atoms with Crippen LogP contribution in [0.15, 0.2) is 18.2 Å². The van der Waals surface area contributed by atoms with E-state index < -0.39 is 0 Å². The number of ether oxygens (including phenoxy) is 1. The van der Waals surface area contributed by atoms with Crippen LogP contribution in [-0.4, -0.2) is 37.4 Å². The molecule has 0 aliphatic carbocycles. The molecule has 0 spiro atoms. The van der Waals surface area contributed by atoms with E-state index in [0.29, 0.717) is 17.4 Å². The molecule has 2 rings (SSSR count). The molecular weight excluding hydrogens is 300 g/mol. The van der Waals surface area contributed by atoms with Crippen LogP contribution >= 0.6 is 15.9 Å². The lowest BCUT2D eigenvalue weighted by molar-refractivity contribution is -0.117. The molecular formula is C12H13BrN2O3. The Labute approximate surface area is 113 Å². The third-order valence-corrected chi connectivity index (χ3v) is 3.10. The Morgan fingerprint density at radius 3 is 3.00 bits per heavy atom. The van der Waals surface area contributed by atoms with E-state index in [1.165, 1.54) is 7.11 Å². The van der Waals surface area contributed by atoms with Crippen molar-refractivity contribution in [3.63, 3.8) is 0 Å². The Balaban J connectivity index is 2.36. The number of methoxy groups -OCH3 is 1. The highest BCUT2D eigenvalue weighted by atomic mass is 79.9. The summed E-state index contributed by atoms with van der Waals surface area (Å²) in [5, 5.41) is 3.71. The van der Waals surface area contributed by atoms with Crippen LogP contribution in [0.2, 0.25) is 0 Å². The number of hydrogen-bond acceptors (Lipinski definition) is 4. The maximum Gasteiger partial charge on any atom is 0.337 e. The number of anilines is 2. The summed E-state index contributed by atoms with van der Waals surface area (Å²) >= 11 is 3.32. The number of alkyl halides is 1. The number of benzene rings is 1. The predicted octanol–water partition coefficient (Wildman–Crippen LogP) is 1.63. The second kappa shape index (κ2) is 5.39. The van der Waals surface area contributed by atoms with Gasteiger partial charge < -0.3 is 15.0 Å². The lowest BCUT2D eigenvalue weighted by Crippen LogP contribution is -2.41. The molecule has 1 aromatic rings. The minimum absolute atomic E-state index is 0.0211. The standard InChI is InChI=1S/C12H13BrN2O3/c1-18-12(17)8-2-3-10-9(6-8)14-7-11(16)15(10)5-4-13/h2-3,6,14H,4-5,7H2,1H3. The van der Waals surface area contributed by atoms with Gasteiger partial charge in [-0.15, -0.1) is 0 Å².